The second-order valence-electron chi connectivity index (χ2n) is 8.93. The number of carbonyl (C=O) groups excluding carboxylic acids is 2. The Bertz CT molecular complexity index is 1180. The van der Waals surface area contributed by atoms with Crippen LogP contribution >= 0.6 is 0 Å². The number of aromatic amines is 1. The van der Waals surface area contributed by atoms with Gasteiger partial charge in [-0.1, -0.05) is 32.3 Å². The van der Waals surface area contributed by atoms with E-state index >= 15 is 0 Å². The molecular formula is C25H32N4O4. The number of imide groups is 1. The predicted molar refractivity (Wildman–Crippen MR) is 127 cm³/mol. The lowest BCUT2D eigenvalue weighted by Crippen LogP contribution is -2.38. The molecule has 2 aromatic rings. The van der Waals surface area contributed by atoms with Crippen LogP contribution in [0.1, 0.15) is 55.8 Å². The minimum absolute atomic E-state index is 0.146. The van der Waals surface area contributed by atoms with Gasteiger partial charge in [-0.25, -0.2) is 4.90 Å². The van der Waals surface area contributed by atoms with Gasteiger partial charge in [0.25, 0.3) is 17.4 Å². The lowest BCUT2D eigenvalue weighted by molar-refractivity contribution is -0.120. The molecule has 0 bridgehead atoms. The van der Waals surface area contributed by atoms with Crippen molar-refractivity contribution in [1.82, 2.24) is 14.7 Å². The SMILES string of the molecule is CCc1[nH]n(C)c(=O)c1C1=C(N(C)C2CCCCC2)C(=O)N(c2cc(C)ccc2OC)C1=O. The average molecular weight is 453 g/mol. The Labute approximate surface area is 193 Å². The monoisotopic (exact) mass is 452 g/mol. The molecule has 0 unspecified atom stereocenters. The minimum atomic E-state index is -0.493. The van der Waals surface area contributed by atoms with E-state index in [2.05, 4.69) is 5.10 Å². The third kappa shape index (κ3) is 3.77. The van der Waals surface area contributed by atoms with Gasteiger partial charge in [0.05, 0.1) is 23.9 Å². The van der Waals surface area contributed by atoms with Crippen LogP contribution in [0.3, 0.4) is 0 Å². The predicted octanol–water partition coefficient (Wildman–Crippen LogP) is 3.14. The number of aryl methyl sites for hydroxylation is 3. The summed E-state index contributed by atoms with van der Waals surface area (Å²) in [4.78, 5) is 44.1. The van der Waals surface area contributed by atoms with Crippen molar-refractivity contribution in [2.75, 3.05) is 19.1 Å². The lowest BCUT2D eigenvalue weighted by Gasteiger charge is -2.33. The van der Waals surface area contributed by atoms with E-state index in [1.807, 2.05) is 31.9 Å². The maximum atomic E-state index is 13.9. The molecule has 0 radical (unpaired) electrons. The van der Waals surface area contributed by atoms with Gasteiger partial charge in [-0.05, 0) is 43.9 Å². The number of methoxy groups -OCH3 is 1. The van der Waals surface area contributed by atoms with Crippen LogP contribution in [0.15, 0.2) is 28.7 Å². The number of nitrogens with zero attached hydrogens (tertiary/aromatic N) is 3. The molecule has 176 valence electrons. The number of likely N-dealkylation sites (N-methyl/N-ethyl adjacent to an activating group) is 1. The highest BCUT2D eigenvalue weighted by Gasteiger charge is 2.46. The van der Waals surface area contributed by atoms with Gasteiger partial charge in [-0.15, -0.1) is 0 Å². The summed E-state index contributed by atoms with van der Waals surface area (Å²) in [6, 6.07) is 5.54. The number of hydrogen-bond donors (Lipinski definition) is 1. The molecule has 1 N–H and O–H groups in total. The van der Waals surface area contributed by atoms with Crippen molar-refractivity contribution in [1.29, 1.82) is 0 Å². The van der Waals surface area contributed by atoms with Crippen LogP contribution in [0.2, 0.25) is 0 Å². The maximum Gasteiger partial charge on any atom is 0.282 e. The zero-order chi connectivity index (χ0) is 23.9. The number of H-pyrrole nitrogens is 1. The van der Waals surface area contributed by atoms with Gasteiger partial charge in [0.1, 0.15) is 11.4 Å². The van der Waals surface area contributed by atoms with Gasteiger partial charge in [0, 0.05) is 25.8 Å². The number of benzene rings is 1. The first-order chi connectivity index (χ1) is 15.8. The summed E-state index contributed by atoms with van der Waals surface area (Å²) >= 11 is 0. The molecular weight excluding hydrogens is 420 g/mol. The average Bonchev–Trinajstić information content (AvgIpc) is 3.24. The molecule has 1 aliphatic heterocycles. The molecule has 0 saturated heterocycles. The molecule has 1 aromatic carbocycles. The summed E-state index contributed by atoms with van der Waals surface area (Å²) < 4.78 is 6.85. The van der Waals surface area contributed by atoms with Crippen molar-refractivity contribution in [3.05, 3.63) is 51.1 Å². The van der Waals surface area contributed by atoms with E-state index in [4.69, 9.17) is 4.74 Å². The molecule has 2 amide bonds. The number of nitrogens with one attached hydrogen (secondary N) is 1. The molecule has 0 atom stereocenters. The zero-order valence-corrected chi connectivity index (χ0v) is 20.0. The fraction of sp³-hybridized carbons (Fsp3) is 0.480. The largest absolute Gasteiger partial charge is 0.495 e. The molecule has 1 saturated carbocycles. The minimum Gasteiger partial charge on any atom is -0.495 e. The van der Waals surface area contributed by atoms with Crippen LogP contribution in [0, 0.1) is 6.92 Å². The highest BCUT2D eigenvalue weighted by atomic mass is 16.5. The zero-order valence-electron chi connectivity index (χ0n) is 20.0. The van der Waals surface area contributed by atoms with Crippen molar-refractivity contribution >= 4 is 23.1 Å². The van der Waals surface area contributed by atoms with Crippen molar-refractivity contribution < 1.29 is 14.3 Å². The molecule has 1 fully saturated rings. The Balaban J connectivity index is 1.93. The molecule has 1 aromatic heterocycles. The van der Waals surface area contributed by atoms with Crippen LogP contribution < -0.4 is 15.2 Å². The first-order valence-electron chi connectivity index (χ1n) is 11.6. The second kappa shape index (κ2) is 8.92. The Morgan fingerprint density at radius 1 is 1.12 bits per heavy atom. The van der Waals surface area contributed by atoms with E-state index < -0.39 is 11.8 Å². The Morgan fingerprint density at radius 3 is 2.45 bits per heavy atom. The highest BCUT2D eigenvalue weighted by Crippen LogP contribution is 2.40. The third-order valence-corrected chi connectivity index (χ3v) is 6.84. The van der Waals surface area contributed by atoms with Gasteiger partial charge in [-0.3, -0.25) is 24.2 Å². The van der Waals surface area contributed by atoms with E-state index in [1.165, 1.54) is 23.1 Å². The van der Waals surface area contributed by atoms with Crippen molar-refractivity contribution in [3.8, 4) is 5.75 Å². The van der Waals surface area contributed by atoms with E-state index in [-0.39, 0.29) is 22.7 Å². The number of carbonyl (C=O) groups is 2. The van der Waals surface area contributed by atoms with Gasteiger partial charge in [0.2, 0.25) is 0 Å². The maximum absolute atomic E-state index is 13.9. The normalized spacial score (nSPS) is 17.3. The quantitative estimate of drug-likeness (QED) is 0.681. The number of hydrogen-bond acceptors (Lipinski definition) is 5. The van der Waals surface area contributed by atoms with Gasteiger partial charge in [-0.2, -0.15) is 0 Å². The molecule has 4 rings (SSSR count). The smallest absolute Gasteiger partial charge is 0.282 e. The molecule has 33 heavy (non-hydrogen) atoms. The van der Waals surface area contributed by atoms with Crippen molar-refractivity contribution in [2.24, 2.45) is 7.05 Å². The third-order valence-electron chi connectivity index (χ3n) is 6.84. The van der Waals surface area contributed by atoms with Gasteiger partial charge < -0.3 is 9.64 Å². The summed E-state index contributed by atoms with van der Waals surface area (Å²) in [5.74, 6) is -0.480. The fourth-order valence-corrected chi connectivity index (χ4v) is 5.03. The molecule has 2 aliphatic rings. The standard InChI is InChI=1S/C25H32N4O4/c1-6-17-20(23(30)28(4)26-17)21-22(27(3)16-10-8-7-9-11-16)25(32)29(24(21)31)18-14-15(2)12-13-19(18)33-5/h12-14,16,26H,6-11H2,1-5H3. The number of anilines is 1. The summed E-state index contributed by atoms with van der Waals surface area (Å²) in [6.45, 7) is 3.82. The summed E-state index contributed by atoms with van der Waals surface area (Å²) in [5, 5.41) is 3.04. The molecule has 2 heterocycles. The fourth-order valence-electron chi connectivity index (χ4n) is 5.03. The summed E-state index contributed by atoms with van der Waals surface area (Å²) in [5.41, 5.74) is 2.38. The van der Waals surface area contributed by atoms with E-state index in [0.717, 1.165) is 31.2 Å². The van der Waals surface area contributed by atoms with Crippen molar-refractivity contribution in [2.45, 2.75) is 58.4 Å². The summed E-state index contributed by atoms with van der Waals surface area (Å²) in [7, 11) is 5.01. The second-order valence-corrected chi connectivity index (χ2v) is 8.93. The van der Waals surface area contributed by atoms with Gasteiger partial charge >= 0.3 is 0 Å². The number of rotatable bonds is 6. The molecule has 8 nitrogen and oxygen atoms in total. The summed E-state index contributed by atoms with van der Waals surface area (Å²) in [6.07, 6.45) is 5.78. The number of amides is 2. The van der Waals surface area contributed by atoms with Crippen LogP contribution in [0.4, 0.5) is 5.69 Å². The van der Waals surface area contributed by atoms with Crippen LogP contribution in [0.25, 0.3) is 5.57 Å². The molecule has 0 spiro atoms. The first-order valence-corrected chi connectivity index (χ1v) is 11.6. The lowest BCUT2D eigenvalue weighted by atomic mass is 9.93. The number of ether oxygens (including phenoxy) is 1. The van der Waals surface area contributed by atoms with Gasteiger partial charge in [0.15, 0.2) is 0 Å². The topological polar surface area (TPSA) is 87.6 Å². The molecule has 1 aliphatic carbocycles. The first kappa shape index (κ1) is 22.9. The van der Waals surface area contributed by atoms with E-state index in [1.54, 1.807) is 19.2 Å². The van der Waals surface area contributed by atoms with Crippen LogP contribution in [-0.2, 0) is 23.1 Å². The van der Waals surface area contributed by atoms with Crippen LogP contribution in [-0.4, -0.2) is 46.7 Å². The Morgan fingerprint density at radius 2 is 1.82 bits per heavy atom. The van der Waals surface area contributed by atoms with Crippen molar-refractivity contribution in [3.63, 3.8) is 0 Å². The van der Waals surface area contributed by atoms with Crippen LogP contribution in [0.5, 0.6) is 5.75 Å². The molecule has 8 heteroatoms. The Hall–Kier alpha value is -3.29. The Kier molecular flexibility index (Phi) is 6.19. The highest BCUT2D eigenvalue weighted by molar-refractivity contribution is 6.45. The number of aromatic nitrogens is 2. The van der Waals surface area contributed by atoms with E-state index in [9.17, 15) is 14.4 Å². The van der Waals surface area contributed by atoms with E-state index in [0.29, 0.717) is 29.2 Å².